The van der Waals surface area contributed by atoms with Crippen LogP contribution in [0.3, 0.4) is 0 Å². The van der Waals surface area contributed by atoms with Gasteiger partial charge in [-0.05, 0) is 53.1 Å². The van der Waals surface area contributed by atoms with Crippen molar-refractivity contribution in [1.82, 2.24) is 5.32 Å². The topological polar surface area (TPSA) is 47.6 Å². The molecule has 32 heavy (non-hydrogen) atoms. The molecule has 1 heterocycles. The van der Waals surface area contributed by atoms with Crippen LogP contribution in [0.2, 0.25) is 10.0 Å². The second kappa shape index (κ2) is 9.96. The number of carbonyl (C=O) groups excluding carboxylic acids is 1. The van der Waals surface area contributed by atoms with Crippen molar-refractivity contribution in [3.63, 3.8) is 0 Å². The van der Waals surface area contributed by atoms with Crippen LogP contribution in [0.5, 0.6) is 11.5 Å². The average Bonchev–Trinajstić information content (AvgIpc) is 3.08. The van der Waals surface area contributed by atoms with Crippen LogP contribution in [-0.2, 0) is 11.4 Å². The molecule has 0 aliphatic carbocycles. The molecule has 0 radical (unpaired) electrons. The number of carbonyl (C=O) groups is 1. The Morgan fingerprint density at radius 3 is 2.34 bits per heavy atom. The third-order valence-corrected chi connectivity index (χ3v) is 6.25. The number of nitrogens with one attached hydrogen (secondary N) is 1. The van der Waals surface area contributed by atoms with E-state index in [0.717, 1.165) is 16.7 Å². The summed E-state index contributed by atoms with van der Waals surface area (Å²) in [4.78, 5) is 12.8. The van der Waals surface area contributed by atoms with Crippen molar-refractivity contribution < 1.29 is 14.3 Å². The second-order valence-corrected chi connectivity index (χ2v) is 9.47. The number of amides is 1. The van der Waals surface area contributed by atoms with Crippen molar-refractivity contribution in [3.05, 3.63) is 86.7 Å². The van der Waals surface area contributed by atoms with Crippen molar-refractivity contribution in [3.8, 4) is 22.6 Å². The van der Waals surface area contributed by atoms with Crippen molar-refractivity contribution >= 4 is 63.5 Å². The summed E-state index contributed by atoms with van der Waals surface area (Å²) in [5.41, 5.74) is 3.31. The maximum atomic E-state index is 12.3. The number of benzene rings is 3. The van der Waals surface area contributed by atoms with Crippen LogP contribution in [0.25, 0.3) is 17.2 Å². The van der Waals surface area contributed by atoms with E-state index >= 15 is 0 Å². The highest BCUT2D eigenvalue weighted by atomic mass is 35.5. The zero-order chi connectivity index (χ0) is 22.7. The molecule has 1 fully saturated rings. The monoisotopic (exact) mass is 501 g/mol. The van der Waals surface area contributed by atoms with Crippen molar-refractivity contribution in [2.24, 2.45) is 0 Å². The van der Waals surface area contributed by atoms with Gasteiger partial charge in [0, 0.05) is 15.6 Å². The molecular weight excluding hydrogens is 485 g/mol. The highest BCUT2D eigenvalue weighted by Crippen LogP contribution is 2.40. The maximum Gasteiger partial charge on any atom is 0.263 e. The van der Waals surface area contributed by atoms with Gasteiger partial charge in [-0.25, -0.2) is 0 Å². The van der Waals surface area contributed by atoms with Crippen LogP contribution < -0.4 is 14.8 Å². The Morgan fingerprint density at radius 1 is 1.03 bits per heavy atom. The van der Waals surface area contributed by atoms with Gasteiger partial charge in [0.25, 0.3) is 5.91 Å². The van der Waals surface area contributed by atoms with E-state index in [1.807, 2.05) is 54.6 Å². The Kier molecular flexibility index (Phi) is 7.06. The maximum absolute atomic E-state index is 12.3. The fourth-order valence-corrected chi connectivity index (χ4v) is 4.78. The van der Waals surface area contributed by atoms with Crippen LogP contribution in [0.15, 0.2) is 65.6 Å². The minimum atomic E-state index is -0.246. The number of hydrogen-bond acceptors (Lipinski definition) is 5. The van der Waals surface area contributed by atoms with Gasteiger partial charge in [-0.3, -0.25) is 4.79 Å². The van der Waals surface area contributed by atoms with Gasteiger partial charge in [-0.15, -0.1) is 0 Å². The van der Waals surface area contributed by atoms with E-state index in [9.17, 15) is 4.79 Å². The molecule has 1 amide bonds. The first-order valence-corrected chi connectivity index (χ1v) is 11.5. The molecule has 4 nitrogen and oxygen atoms in total. The van der Waals surface area contributed by atoms with Crippen molar-refractivity contribution in [2.75, 3.05) is 7.11 Å². The number of ether oxygens (including phenoxy) is 2. The van der Waals surface area contributed by atoms with Gasteiger partial charge < -0.3 is 14.8 Å². The predicted molar refractivity (Wildman–Crippen MR) is 136 cm³/mol. The lowest BCUT2D eigenvalue weighted by atomic mass is 10.0. The first-order chi connectivity index (χ1) is 15.4. The highest BCUT2D eigenvalue weighted by molar-refractivity contribution is 8.26. The zero-order valence-corrected chi connectivity index (χ0v) is 20.0. The largest absolute Gasteiger partial charge is 0.493 e. The van der Waals surface area contributed by atoms with E-state index in [4.69, 9.17) is 44.9 Å². The zero-order valence-electron chi connectivity index (χ0n) is 16.9. The number of halogens is 2. The fraction of sp³-hybridized carbons (Fsp3) is 0.0833. The van der Waals surface area contributed by atoms with Gasteiger partial charge in [-0.2, -0.15) is 0 Å². The van der Waals surface area contributed by atoms with E-state index < -0.39 is 0 Å². The second-order valence-electron chi connectivity index (χ2n) is 6.88. The van der Waals surface area contributed by atoms with E-state index in [-0.39, 0.29) is 5.91 Å². The molecule has 1 N–H and O–H groups in total. The molecule has 1 aliphatic heterocycles. The Morgan fingerprint density at radius 2 is 1.72 bits per heavy atom. The molecule has 1 aliphatic rings. The summed E-state index contributed by atoms with van der Waals surface area (Å²) in [5, 5.41) is 3.67. The van der Waals surface area contributed by atoms with Crippen LogP contribution in [0.4, 0.5) is 0 Å². The SMILES string of the molecule is COc1cc(-c2cc(Cl)cc(Cl)c2)cc(/C=C2\SC(=S)NC2=O)c1OCc1ccccc1. The Labute approximate surface area is 205 Å². The number of thiocarbonyl (C=S) groups is 1. The molecule has 0 spiro atoms. The van der Waals surface area contributed by atoms with Gasteiger partial charge in [0.15, 0.2) is 11.5 Å². The Balaban J connectivity index is 1.82. The van der Waals surface area contributed by atoms with Crippen molar-refractivity contribution in [1.29, 1.82) is 0 Å². The van der Waals surface area contributed by atoms with E-state index in [0.29, 0.717) is 42.9 Å². The predicted octanol–water partition coefficient (Wildman–Crippen LogP) is 6.74. The van der Waals surface area contributed by atoms with Gasteiger partial charge in [0.05, 0.1) is 12.0 Å². The lowest BCUT2D eigenvalue weighted by Crippen LogP contribution is -2.17. The number of thioether (sulfide) groups is 1. The summed E-state index contributed by atoms with van der Waals surface area (Å²) in [7, 11) is 1.57. The molecule has 3 aromatic carbocycles. The molecular formula is C24H17Cl2NO3S2. The molecule has 8 heteroatoms. The third-order valence-electron chi connectivity index (χ3n) is 4.65. The number of methoxy groups -OCH3 is 1. The molecule has 0 atom stereocenters. The summed E-state index contributed by atoms with van der Waals surface area (Å²) >= 11 is 18.8. The smallest absolute Gasteiger partial charge is 0.263 e. The summed E-state index contributed by atoms with van der Waals surface area (Å²) in [6.07, 6.45) is 1.75. The summed E-state index contributed by atoms with van der Waals surface area (Å²) in [6.45, 7) is 0.341. The standard InChI is InChI=1S/C24H17Cl2NO3S2/c1-29-20-10-15(16-8-18(25)12-19(26)9-16)7-17(11-21-23(28)27-24(31)32-21)22(20)30-13-14-5-3-2-4-6-14/h2-12H,13H2,1H3,(H,27,28,31)/b21-11-. The van der Waals surface area contributed by atoms with E-state index in [1.165, 1.54) is 11.8 Å². The Hall–Kier alpha value is -2.51. The lowest BCUT2D eigenvalue weighted by Gasteiger charge is -2.16. The van der Waals surface area contributed by atoms with Crippen LogP contribution in [0, 0.1) is 0 Å². The first kappa shape index (κ1) is 22.7. The molecule has 4 rings (SSSR count). The molecule has 0 bridgehead atoms. The normalized spacial score (nSPS) is 14.5. The molecule has 162 valence electrons. The van der Waals surface area contributed by atoms with Gasteiger partial charge in [0.2, 0.25) is 0 Å². The van der Waals surface area contributed by atoms with Crippen LogP contribution in [-0.4, -0.2) is 17.3 Å². The minimum Gasteiger partial charge on any atom is -0.493 e. The van der Waals surface area contributed by atoms with Gasteiger partial charge in [-0.1, -0.05) is 77.5 Å². The van der Waals surface area contributed by atoms with Crippen LogP contribution in [0.1, 0.15) is 11.1 Å². The summed E-state index contributed by atoms with van der Waals surface area (Å²) < 4.78 is 12.2. The van der Waals surface area contributed by atoms with Crippen LogP contribution >= 0.6 is 47.2 Å². The average molecular weight is 502 g/mol. The quantitative estimate of drug-likeness (QED) is 0.299. The molecule has 0 saturated carbocycles. The number of rotatable bonds is 6. The first-order valence-electron chi connectivity index (χ1n) is 9.53. The molecule has 1 saturated heterocycles. The van der Waals surface area contributed by atoms with Gasteiger partial charge in [0.1, 0.15) is 10.9 Å². The summed E-state index contributed by atoms with van der Waals surface area (Å²) in [5.74, 6) is 0.795. The summed E-state index contributed by atoms with van der Waals surface area (Å²) in [6, 6.07) is 18.9. The van der Waals surface area contributed by atoms with E-state index in [1.54, 1.807) is 19.3 Å². The fourth-order valence-electron chi connectivity index (χ4n) is 3.22. The molecule has 0 aromatic heterocycles. The Bertz CT molecular complexity index is 1210. The van der Waals surface area contributed by atoms with Gasteiger partial charge >= 0.3 is 0 Å². The van der Waals surface area contributed by atoms with E-state index in [2.05, 4.69) is 5.32 Å². The lowest BCUT2D eigenvalue weighted by molar-refractivity contribution is -0.115. The highest BCUT2D eigenvalue weighted by Gasteiger charge is 2.24. The third kappa shape index (κ3) is 5.27. The molecule has 0 unspecified atom stereocenters. The van der Waals surface area contributed by atoms with Crippen molar-refractivity contribution in [2.45, 2.75) is 6.61 Å². The molecule has 3 aromatic rings. The minimum absolute atomic E-state index is 0.246. The number of hydrogen-bond donors (Lipinski definition) is 1.